The van der Waals surface area contributed by atoms with Crippen LogP contribution in [-0.2, 0) is 19.1 Å². The molecule has 0 rings (SSSR count). The molecule has 0 aliphatic carbocycles. The minimum atomic E-state index is -4.61. The normalized spacial score (nSPS) is 14.2. The Balaban J connectivity index is 5.35. The van der Waals surface area contributed by atoms with E-state index in [1.807, 2.05) is 0 Å². The summed E-state index contributed by atoms with van der Waals surface area (Å²) in [4.78, 5) is 17.5. The van der Waals surface area contributed by atoms with Crippen LogP contribution in [0.4, 0.5) is 4.53 Å². The molecule has 0 radical (unpaired) electrons. The van der Waals surface area contributed by atoms with E-state index in [0.29, 0.717) is 0 Å². The molecule has 92 valence electrons. The molecule has 0 saturated carbocycles. The Labute approximate surface area is 87.6 Å². The van der Waals surface area contributed by atoms with Gasteiger partial charge in [-0.3, -0.25) is 4.57 Å². The van der Waals surface area contributed by atoms with Gasteiger partial charge in [-0.25, -0.2) is 0 Å². The quantitative estimate of drug-likeness (QED) is 0.693. The van der Waals surface area contributed by atoms with Gasteiger partial charge >= 0.3 is 17.7 Å². The molecule has 6 nitrogen and oxygen atoms in total. The Hall–Kier alpha value is -0.0100. The monoisotopic (exact) mass is 264 g/mol. The molecule has 0 atom stereocenters. The zero-order valence-corrected chi connectivity index (χ0v) is 10.1. The Morgan fingerprint density at radius 3 is 1.93 bits per heavy atom. The minimum absolute atomic E-state index is 0.138. The molecule has 0 spiro atoms. The third-order valence-corrected chi connectivity index (χ3v) is 5.58. The van der Waals surface area contributed by atoms with Gasteiger partial charge in [-0.15, -0.1) is 0 Å². The van der Waals surface area contributed by atoms with Gasteiger partial charge in [0.05, 0.1) is 6.16 Å². The number of hydrogen-bond donors (Lipinski definition) is 2. The number of halogens is 1. The van der Waals surface area contributed by atoms with Crippen LogP contribution in [-0.4, -0.2) is 29.1 Å². The SMILES string of the molecule is CCC(CC)(CP(=O)(O)O)S(=O)(=O)OF. The van der Waals surface area contributed by atoms with E-state index in [2.05, 4.69) is 4.39 Å². The summed E-state index contributed by atoms with van der Waals surface area (Å²) >= 11 is 0. The summed E-state index contributed by atoms with van der Waals surface area (Å²) in [7, 11) is -9.17. The van der Waals surface area contributed by atoms with E-state index in [1.165, 1.54) is 13.8 Å². The lowest BCUT2D eigenvalue weighted by atomic mass is 10.1. The van der Waals surface area contributed by atoms with Crippen molar-refractivity contribution in [2.45, 2.75) is 31.4 Å². The van der Waals surface area contributed by atoms with Crippen molar-refractivity contribution in [1.82, 2.24) is 0 Å². The second kappa shape index (κ2) is 4.88. The molecule has 15 heavy (non-hydrogen) atoms. The van der Waals surface area contributed by atoms with Gasteiger partial charge in [-0.2, -0.15) is 8.42 Å². The first-order valence-corrected chi connectivity index (χ1v) is 7.44. The maximum atomic E-state index is 11.9. The summed E-state index contributed by atoms with van der Waals surface area (Å²) in [5.74, 6) is 0. The molecule has 0 amide bonds. The average molecular weight is 264 g/mol. The van der Waals surface area contributed by atoms with Crippen molar-refractivity contribution < 1.29 is 31.7 Å². The van der Waals surface area contributed by atoms with Gasteiger partial charge in [-0.05, 0) is 17.4 Å². The topological polar surface area (TPSA) is 101 Å². The van der Waals surface area contributed by atoms with Crippen LogP contribution in [0.3, 0.4) is 0 Å². The molecule has 0 aliphatic heterocycles. The largest absolute Gasteiger partial charge is 0.327 e. The molecule has 9 heteroatoms. The molecule has 0 fully saturated rings. The van der Waals surface area contributed by atoms with Crippen molar-refractivity contribution in [3.8, 4) is 0 Å². The van der Waals surface area contributed by atoms with Crippen molar-refractivity contribution in [2.24, 2.45) is 0 Å². The van der Waals surface area contributed by atoms with Gasteiger partial charge < -0.3 is 9.79 Å². The molecule has 0 bridgehead atoms. The summed E-state index contributed by atoms with van der Waals surface area (Å²) in [6.45, 7) is 2.80. The van der Waals surface area contributed by atoms with E-state index >= 15 is 0 Å². The summed E-state index contributed by atoms with van der Waals surface area (Å²) < 4.78 is 46.1. The van der Waals surface area contributed by atoms with Gasteiger partial charge in [0, 0.05) is 0 Å². The average Bonchev–Trinajstić information content (AvgIpc) is 2.12. The second-order valence-electron chi connectivity index (χ2n) is 3.23. The Bertz CT molecular complexity index is 343. The van der Waals surface area contributed by atoms with E-state index in [1.54, 1.807) is 0 Å². The highest BCUT2D eigenvalue weighted by molar-refractivity contribution is 7.88. The maximum Gasteiger partial charge on any atom is 0.327 e. The van der Waals surface area contributed by atoms with Gasteiger partial charge in [0.1, 0.15) is 4.75 Å². The van der Waals surface area contributed by atoms with Crippen molar-refractivity contribution in [1.29, 1.82) is 0 Å². The first-order chi connectivity index (χ1) is 6.64. The fraction of sp³-hybridized carbons (Fsp3) is 1.00. The maximum absolute atomic E-state index is 11.9. The summed E-state index contributed by atoms with van der Waals surface area (Å²) in [6, 6.07) is 0. The molecule has 0 aromatic heterocycles. The van der Waals surface area contributed by atoms with E-state index < -0.39 is 28.6 Å². The summed E-state index contributed by atoms with van der Waals surface area (Å²) in [5, 5.41) is 0. The Morgan fingerprint density at radius 1 is 1.33 bits per heavy atom. The van der Waals surface area contributed by atoms with Crippen LogP contribution in [0.25, 0.3) is 0 Å². The highest BCUT2D eigenvalue weighted by Gasteiger charge is 2.47. The van der Waals surface area contributed by atoms with E-state index in [9.17, 15) is 17.5 Å². The van der Waals surface area contributed by atoms with E-state index in [0.717, 1.165) is 0 Å². The third-order valence-electron chi connectivity index (χ3n) is 2.40. The predicted octanol–water partition coefficient (Wildman–Crippen LogP) is 0.954. The Kier molecular flexibility index (Phi) is 4.88. The zero-order chi connectivity index (χ0) is 12.3. The van der Waals surface area contributed by atoms with Crippen LogP contribution in [0, 0.1) is 0 Å². The number of rotatable bonds is 6. The van der Waals surface area contributed by atoms with Gasteiger partial charge in [0.2, 0.25) is 0 Å². The molecule has 0 aromatic rings. The number of hydrogen-bond acceptors (Lipinski definition) is 4. The molecular formula is C6H14FO6PS. The van der Waals surface area contributed by atoms with E-state index in [4.69, 9.17) is 9.79 Å². The fourth-order valence-corrected chi connectivity index (χ4v) is 4.52. The molecule has 0 aromatic carbocycles. The molecule has 2 N–H and O–H groups in total. The molecule has 0 saturated heterocycles. The smallest absolute Gasteiger partial charge is 0.324 e. The molecule has 0 unspecified atom stereocenters. The first-order valence-electron chi connectivity index (χ1n) is 4.23. The van der Waals surface area contributed by atoms with Crippen LogP contribution in [0.5, 0.6) is 0 Å². The highest BCUT2D eigenvalue weighted by Crippen LogP contribution is 2.44. The zero-order valence-electron chi connectivity index (χ0n) is 8.38. The second-order valence-corrected chi connectivity index (χ2v) is 6.78. The van der Waals surface area contributed by atoms with Crippen LogP contribution in [0.15, 0.2) is 0 Å². The lowest BCUT2D eigenvalue weighted by Crippen LogP contribution is -2.41. The van der Waals surface area contributed by atoms with Gasteiger partial charge in [-0.1, -0.05) is 18.2 Å². The molecular weight excluding hydrogens is 250 g/mol. The van der Waals surface area contributed by atoms with Crippen molar-refractivity contribution in [2.75, 3.05) is 6.16 Å². The fourth-order valence-electron chi connectivity index (χ4n) is 1.35. The highest BCUT2D eigenvalue weighted by atomic mass is 32.2. The lowest BCUT2D eigenvalue weighted by Gasteiger charge is -2.28. The van der Waals surface area contributed by atoms with E-state index in [-0.39, 0.29) is 12.8 Å². The third kappa shape index (κ3) is 3.49. The van der Waals surface area contributed by atoms with Crippen LogP contribution in [0.1, 0.15) is 26.7 Å². The summed E-state index contributed by atoms with van der Waals surface area (Å²) in [5.41, 5.74) is 0. The first kappa shape index (κ1) is 15.0. The Morgan fingerprint density at radius 2 is 1.73 bits per heavy atom. The van der Waals surface area contributed by atoms with Crippen molar-refractivity contribution in [3.63, 3.8) is 0 Å². The standard InChI is InChI=1S/C6H14FO6PS/c1-3-6(4-2,5-14(8,9)10)15(11,12)13-7/h3-5H2,1-2H3,(H2,8,9,10). The summed E-state index contributed by atoms with van der Waals surface area (Å²) in [6.07, 6.45) is -1.22. The van der Waals surface area contributed by atoms with Crippen LogP contribution < -0.4 is 0 Å². The van der Waals surface area contributed by atoms with Crippen LogP contribution >= 0.6 is 7.60 Å². The van der Waals surface area contributed by atoms with Crippen LogP contribution in [0.2, 0.25) is 0 Å². The molecule has 0 heterocycles. The minimum Gasteiger partial charge on any atom is -0.324 e. The lowest BCUT2D eigenvalue weighted by molar-refractivity contribution is -0.00197. The van der Waals surface area contributed by atoms with Crippen molar-refractivity contribution >= 4 is 17.7 Å². The predicted molar refractivity (Wildman–Crippen MR) is 51.3 cm³/mol. The molecule has 0 aliphatic rings. The van der Waals surface area contributed by atoms with Crippen molar-refractivity contribution in [3.05, 3.63) is 0 Å². The van der Waals surface area contributed by atoms with Gasteiger partial charge in [0.15, 0.2) is 0 Å². The van der Waals surface area contributed by atoms with Gasteiger partial charge in [0.25, 0.3) is 0 Å².